The lowest BCUT2D eigenvalue weighted by Crippen LogP contribution is -2.36. The molecule has 3 heterocycles. The first kappa shape index (κ1) is 23.6. The van der Waals surface area contributed by atoms with Crippen LogP contribution < -0.4 is 20.7 Å². The molecular formula is C25H25F2N7O2. The molecule has 2 aromatic carbocycles. The van der Waals surface area contributed by atoms with Gasteiger partial charge in [-0.2, -0.15) is 5.10 Å². The SMILES string of the molecule is COc1cccc(F)c1-c1nccc(C(=O)Nc2cc(F)c3nn(C)cc3c2N2CCCC2CN)n1. The van der Waals surface area contributed by atoms with Crippen LogP contribution in [0.15, 0.2) is 42.7 Å². The number of hydrogen-bond donors (Lipinski definition) is 2. The summed E-state index contributed by atoms with van der Waals surface area (Å²) in [6, 6.07) is 7.06. The van der Waals surface area contributed by atoms with Crippen molar-refractivity contribution in [2.24, 2.45) is 12.8 Å². The Kier molecular flexibility index (Phi) is 6.23. The lowest BCUT2D eigenvalue weighted by atomic mass is 10.1. The second-order valence-corrected chi connectivity index (χ2v) is 8.58. The van der Waals surface area contributed by atoms with E-state index in [1.54, 1.807) is 19.3 Å². The summed E-state index contributed by atoms with van der Waals surface area (Å²) >= 11 is 0. The van der Waals surface area contributed by atoms with Crippen LogP contribution in [0.25, 0.3) is 22.3 Å². The molecule has 1 aliphatic heterocycles. The van der Waals surface area contributed by atoms with Crippen molar-refractivity contribution in [1.82, 2.24) is 19.7 Å². The van der Waals surface area contributed by atoms with Gasteiger partial charge in [0.05, 0.1) is 24.0 Å². The molecule has 1 amide bonds. The smallest absolute Gasteiger partial charge is 0.274 e. The number of rotatable bonds is 6. The van der Waals surface area contributed by atoms with Crippen LogP contribution in [0.2, 0.25) is 0 Å². The Bertz CT molecular complexity index is 1460. The van der Waals surface area contributed by atoms with Crippen molar-refractivity contribution >= 4 is 28.2 Å². The Balaban J connectivity index is 1.56. The van der Waals surface area contributed by atoms with E-state index >= 15 is 4.39 Å². The third kappa shape index (κ3) is 4.11. The molecule has 5 rings (SSSR count). The lowest BCUT2D eigenvalue weighted by molar-refractivity contribution is 0.102. The van der Waals surface area contributed by atoms with E-state index < -0.39 is 17.5 Å². The van der Waals surface area contributed by atoms with Crippen molar-refractivity contribution in [1.29, 1.82) is 0 Å². The first-order chi connectivity index (χ1) is 17.4. The number of amides is 1. The highest BCUT2D eigenvalue weighted by molar-refractivity contribution is 6.09. The zero-order valence-electron chi connectivity index (χ0n) is 19.8. The molecule has 9 nitrogen and oxygen atoms in total. The van der Waals surface area contributed by atoms with Gasteiger partial charge >= 0.3 is 0 Å². The normalized spacial score (nSPS) is 15.5. The van der Waals surface area contributed by atoms with Crippen molar-refractivity contribution in [3.05, 3.63) is 60.1 Å². The predicted octanol–water partition coefficient (Wildman–Crippen LogP) is 3.50. The highest BCUT2D eigenvalue weighted by atomic mass is 19.1. The molecule has 0 radical (unpaired) electrons. The van der Waals surface area contributed by atoms with Gasteiger partial charge in [-0.1, -0.05) is 6.07 Å². The Morgan fingerprint density at radius 2 is 2.11 bits per heavy atom. The van der Waals surface area contributed by atoms with Crippen molar-refractivity contribution < 1.29 is 18.3 Å². The number of nitrogens with one attached hydrogen (secondary N) is 1. The number of aromatic nitrogens is 4. The van der Waals surface area contributed by atoms with Crippen LogP contribution in [0, 0.1) is 11.6 Å². The van der Waals surface area contributed by atoms with Gasteiger partial charge in [-0.25, -0.2) is 18.7 Å². The molecule has 1 aliphatic rings. The maximum absolute atomic E-state index is 15.0. The van der Waals surface area contributed by atoms with Gasteiger partial charge in [-0.15, -0.1) is 0 Å². The average molecular weight is 494 g/mol. The second-order valence-electron chi connectivity index (χ2n) is 8.58. The summed E-state index contributed by atoms with van der Waals surface area (Å²) in [5, 5.41) is 7.62. The molecule has 186 valence electrons. The van der Waals surface area contributed by atoms with E-state index in [1.165, 1.54) is 42.3 Å². The minimum Gasteiger partial charge on any atom is -0.496 e. The molecule has 0 spiro atoms. The van der Waals surface area contributed by atoms with Crippen molar-refractivity contribution in [3.8, 4) is 17.1 Å². The summed E-state index contributed by atoms with van der Waals surface area (Å²) in [7, 11) is 3.12. The fourth-order valence-corrected chi connectivity index (χ4v) is 4.71. The minimum atomic E-state index is -0.596. The average Bonchev–Trinajstić information content (AvgIpc) is 3.50. The number of aryl methyl sites for hydroxylation is 1. The van der Waals surface area contributed by atoms with Crippen LogP contribution in [0.3, 0.4) is 0 Å². The summed E-state index contributed by atoms with van der Waals surface area (Å²) in [6.45, 7) is 1.14. The number of fused-ring (bicyclic) bond motifs is 1. The molecule has 1 fully saturated rings. The fraction of sp³-hybridized carbons (Fsp3) is 0.280. The molecule has 4 aromatic rings. The van der Waals surface area contributed by atoms with Crippen LogP contribution >= 0.6 is 0 Å². The Morgan fingerprint density at radius 3 is 2.89 bits per heavy atom. The van der Waals surface area contributed by atoms with Gasteiger partial charge in [-0.3, -0.25) is 9.48 Å². The Labute approximate surface area is 205 Å². The molecule has 1 atom stereocenters. The molecule has 2 aromatic heterocycles. The highest BCUT2D eigenvalue weighted by Crippen LogP contribution is 2.40. The van der Waals surface area contributed by atoms with E-state index in [4.69, 9.17) is 10.5 Å². The van der Waals surface area contributed by atoms with Crippen LogP contribution in [0.5, 0.6) is 5.75 Å². The highest BCUT2D eigenvalue weighted by Gasteiger charge is 2.29. The van der Waals surface area contributed by atoms with E-state index in [2.05, 4.69) is 25.3 Å². The molecule has 1 unspecified atom stereocenters. The second kappa shape index (κ2) is 9.50. The van der Waals surface area contributed by atoms with Crippen LogP contribution in [0.4, 0.5) is 20.2 Å². The first-order valence-corrected chi connectivity index (χ1v) is 11.5. The van der Waals surface area contributed by atoms with Gasteiger partial charge in [0.15, 0.2) is 11.6 Å². The predicted molar refractivity (Wildman–Crippen MR) is 132 cm³/mol. The largest absolute Gasteiger partial charge is 0.496 e. The fourth-order valence-electron chi connectivity index (χ4n) is 4.71. The summed E-state index contributed by atoms with van der Waals surface area (Å²) in [5.41, 5.74) is 7.19. The topological polar surface area (TPSA) is 111 Å². The minimum absolute atomic E-state index is 0.00514. The zero-order valence-corrected chi connectivity index (χ0v) is 19.8. The number of anilines is 2. The van der Waals surface area contributed by atoms with Crippen molar-refractivity contribution in [2.75, 3.05) is 30.4 Å². The van der Waals surface area contributed by atoms with Gasteiger partial charge in [-0.05, 0) is 31.0 Å². The Hall–Kier alpha value is -4.12. The standard InChI is InChI=1S/C25H25F2N7O2/c1-33-13-15-22(32-33)17(27)11-19(23(15)34-10-4-5-14(34)12-28)31-25(35)18-8-9-29-24(30-18)21-16(26)6-3-7-20(21)36-2/h3,6-9,11,13-14H,4-5,10,12,28H2,1-2H3,(H,31,35). The van der Waals surface area contributed by atoms with Gasteiger partial charge in [0.25, 0.3) is 5.91 Å². The molecular weight excluding hydrogens is 468 g/mol. The number of benzene rings is 2. The molecule has 3 N–H and O–H groups in total. The number of nitrogens with zero attached hydrogens (tertiary/aromatic N) is 5. The summed E-state index contributed by atoms with van der Waals surface area (Å²) in [4.78, 5) is 23.8. The van der Waals surface area contributed by atoms with Gasteiger partial charge in [0.1, 0.15) is 22.8 Å². The number of nitrogens with two attached hydrogens (primary N) is 1. The number of carbonyl (C=O) groups is 1. The molecule has 0 saturated carbocycles. The molecule has 36 heavy (non-hydrogen) atoms. The third-order valence-electron chi connectivity index (χ3n) is 6.33. The summed E-state index contributed by atoms with van der Waals surface area (Å²) < 4.78 is 36.4. The first-order valence-electron chi connectivity index (χ1n) is 11.5. The van der Waals surface area contributed by atoms with E-state index in [0.29, 0.717) is 24.2 Å². The maximum atomic E-state index is 15.0. The van der Waals surface area contributed by atoms with Crippen LogP contribution in [-0.4, -0.2) is 51.9 Å². The number of carbonyl (C=O) groups excluding carboxylic acids is 1. The quantitative estimate of drug-likeness (QED) is 0.423. The summed E-state index contributed by atoms with van der Waals surface area (Å²) in [5.74, 6) is -1.51. The molecule has 11 heteroatoms. The van der Waals surface area contributed by atoms with Gasteiger partial charge in [0, 0.05) is 50.0 Å². The monoisotopic (exact) mass is 493 g/mol. The number of methoxy groups -OCH3 is 1. The molecule has 1 saturated heterocycles. The van der Waals surface area contributed by atoms with E-state index in [-0.39, 0.29) is 40.1 Å². The number of ether oxygens (including phenoxy) is 1. The zero-order chi connectivity index (χ0) is 25.4. The van der Waals surface area contributed by atoms with E-state index in [9.17, 15) is 9.18 Å². The van der Waals surface area contributed by atoms with Crippen molar-refractivity contribution in [2.45, 2.75) is 18.9 Å². The molecule has 0 bridgehead atoms. The maximum Gasteiger partial charge on any atom is 0.274 e. The lowest BCUT2D eigenvalue weighted by Gasteiger charge is -2.28. The number of hydrogen-bond acceptors (Lipinski definition) is 7. The molecule has 0 aliphatic carbocycles. The van der Waals surface area contributed by atoms with Gasteiger partial charge in [0.2, 0.25) is 0 Å². The van der Waals surface area contributed by atoms with Crippen LogP contribution in [0.1, 0.15) is 23.3 Å². The third-order valence-corrected chi connectivity index (χ3v) is 6.33. The van der Waals surface area contributed by atoms with Crippen LogP contribution in [-0.2, 0) is 7.05 Å². The van der Waals surface area contributed by atoms with Gasteiger partial charge < -0.3 is 20.7 Å². The van der Waals surface area contributed by atoms with Crippen molar-refractivity contribution in [3.63, 3.8) is 0 Å². The van der Waals surface area contributed by atoms with E-state index in [0.717, 1.165) is 12.8 Å². The Morgan fingerprint density at radius 1 is 1.28 bits per heavy atom. The van der Waals surface area contributed by atoms with E-state index in [1.807, 2.05) is 0 Å². The summed E-state index contributed by atoms with van der Waals surface area (Å²) in [6.07, 6.45) is 4.90. The number of halogens is 2.